The smallest absolute Gasteiger partial charge is 0.304 e. The first kappa shape index (κ1) is 12.9. The van der Waals surface area contributed by atoms with Gasteiger partial charge in [0.05, 0.1) is 4.92 Å². The van der Waals surface area contributed by atoms with Gasteiger partial charge in [0, 0.05) is 24.8 Å². The molecule has 0 radical (unpaired) electrons. The monoisotopic (exact) mass is 254 g/mol. The Morgan fingerprint density at radius 2 is 2.11 bits per heavy atom. The average molecular weight is 254 g/mol. The fraction of sp³-hybridized carbons (Fsp3) is 0.500. The fourth-order valence-electron chi connectivity index (χ4n) is 2.17. The number of halogens is 1. The molecule has 6 heteroatoms. The van der Waals surface area contributed by atoms with Crippen molar-refractivity contribution in [2.45, 2.75) is 24.8 Å². The number of nitro groups is 1. The van der Waals surface area contributed by atoms with Crippen LogP contribution in [0.1, 0.15) is 18.4 Å². The van der Waals surface area contributed by atoms with Crippen LogP contribution in [0.15, 0.2) is 18.2 Å². The summed E-state index contributed by atoms with van der Waals surface area (Å²) in [5, 5.41) is 10.5. The predicted octanol–water partition coefficient (Wildman–Crippen LogP) is 1.78. The highest BCUT2D eigenvalue weighted by Gasteiger charge is 2.28. The molecule has 2 N–H and O–H groups in total. The standard InChI is InChI=1S/C12H15FN2O3/c13-10-7-9(1-2-11(10)15(16)17)8-12(14)3-5-18-6-4-12/h1-2,7H,3-6,8,14H2. The number of ether oxygens (including phenoxy) is 1. The molecule has 0 aromatic heterocycles. The summed E-state index contributed by atoms with van der Waals surface area (Å²) in [6.45, 7) is 1.21. The Balaban J connectivity index is 2.14. The Hall–Kier alpha value is -1.53. The van der Waals surface area contributed by atoms with Gasteiger partial charge in [-0.05, 0) is 30.9 Å². The first-order chi connectivity index (χ1) is 8.50. The summed E-state index contributed by atoms with van der Waals surface area (Å²) in [5.41, 5.74) is 5.98. The predicted molar refractivity (Wildman–Crippen MR) is 63.7 cm³/mol. The van der Waals surface area contributed by atoms with Crippen molar-refractivity contribution >= 4 is 5.69 Å². The molecular weight excluding hydrogens is 239 g/mol. The molecule has 1 aromatic rings. The van der Waals surface area contributed by atoms with E-state index in [1.165, 1.54) is 12.1 Å². The maximum absolute atomic E-state index is 13.5. The van der Waals surface area contributed by atoms with E-state index >= 15 is 0 Å². The Morgan fingerprint density at radius 3 is 2.67 bits per heavy atom. The van der Waals surface area contributed by atoms with Gasteiger partial charge in [0.25, 0.3) is 0 Å². The number of hydrogen-bond acceptors (Lipinski definition) is 4. The fourth-order valence-corrected chi connectivity index (χ4v) is 2.17. The minimum atomic E-state index is -0.812. The molecule has 0 bridgehead atoms. The van der Waals surface area contributed by atoms with E-state index in [-0.39, 0.29) is 0 Å². The van der Waals surface area contributed by atoms with E-state index in [1.807, 2.05) is 0 Å². The molecule has 1 aliphatic rings. The molecule has 2 rings (SSSR count). The number of benzene rings is 1. The van der Waals surface area contributed by atoms with Gasteiger partial charge in [-0.1, -0.05) is 6.07 Å². The highest BCUT2D eigenvalue weighted by atomic mass is 19.1. The summed E-state index contributed by atoms with van der Waals surface area (Å²) in [7, 11) is 0. The molecule has 0 amide bonds. The Kier molecular flexibility index (Phi) is 3.58. The average Bonchev–Trinajstić information content (AvgIpc) is 2.28. The lowest BCUT2D eigenvalue weighted by Crippen LogP contribution is -2.46. The lowest BCUT2D eigenvalue weighted by atomic mass is 9.85. The quantitative estimate of drug-likeness (QED) is 0.658. The van der Waals surface area contributed by atoms with E-state index < -0.39 is 22.0 Å². The minimum absolute atomic E-state index is 0.402. The number of hydrogen-bond donors (Lipinski definition) is 1. The largest absolute Gasteiger partial charge is 0.381 e. The van der Waals surface area contributed by atoms with Crippen LogP contribution in [0.5, 0.6) is 0 Å². The van der Waals surface area contributed by atoms with Crippen LogP contribution in [0.2, 0.25) is 0 Å². The van der Waals surface area contributed by atoms with Crippen molar-refractivity contribution in [1.82, 2.24) is 0 Å². The number of rotatable bonds is 3. The third-order valence-electron chi connectivity index (χ3n) is 3.25. The third kappa shape index (κ3) is 2.83. The maximum atomic E-state index is 13.5. The van der Waals surface area contributed by atoms with Crippen LogP contribution < -0.4 is 5.73 Å². The molecule has 5 nitrogen and oxygen atoms in total. The molecule has 1 aliphatic heterocycles. The second-order valence-corrected chi connectivity index (χ2v) is 4.69. The first-order valence-electron chi connectivity index (χ1n) is 5.80. The molecule has 0 unspecified atom stereocenters. The van der Waals surface area contributed by atoms with E-state index in [9.17, 15) is 14.5 Å². The second kappa shape index (κ2) is 4.99. The van der Waals surface area contributed by atoms with Crippen molar-refractivity contribution in [2.75, 3.05) is 13.2 Å². The molecule has 1 heterocycles. The topological polar surface area (TPSA) is 78.4 Å². The number of nitro benzene ring substituents is 1. The minimum Gasteiger partial charge on any atom is -0.381 e. The van der Waals surface area contributed by atoms with E-state index in [0.717, 1.165) is 0 Å². The molecule has 18 heavy (non-hydrogen) atoms. The zero-order valence-electron chi connectivity index (χ0n) is 9.89. The van der Waals surface area contributed by atoms with Gasteiger partial charge in [-0.25, -0.2) is 0 Å². The molecule has 0 saturated carbocycles. The molecule has 98 valence electrons. The van der Waals surface area contributed by atoms with Crippen LogP contribution in [0.25, 0.3) is 0 Å². The van der Waals surface area contributed by atoms with Gasteiger partial charge in [0.15, 0.2) is 0 Å². The van der Waals surface area contributed by atoms with Crippen molar-refractivity contribution in [2.24, 2.45) is 5.73 Å². The van der Waals surface area contributed by atoms with Crippen LogP contribution in [0.4, 0.5) is 10.1 Å². The zero-order chi connectivity index (χ0) is 13.2. The second-order valence-electron chi connectivity index (χ2n) is 4.69. The molecule has 1 fully saturated rings. The summed E-state index contributed by atoms with van der Waals surface area (Å²) in [4.78, 5) is 9.78. The highest BCUT2D eigenvalue weighted by molar-refractivity contribution is 5.35. The summed E-state index contributed by atoms with van der Waals surface area (Å²) in [5.74, 6) is -0.812. The molecule has 0 spiro atoms. The number of nitrogens with two attached hydrogens (primary N) is 1. The van der Waals surface area contributed by atoms with Crippen molar-refractivity contribution in [3.8, 4) is 0 Å². The van der Waals surface area contributed by atoms with Crippen LogP contribution >= 0.6 is 0 Å². The van der Waals surface area contributed by atoms with Crippen molar-refractivity contribution in [3.05, 3.63) is 39.7 Å². The third-order valence-corrected chi connectivity index (χ3v) is 3.25. The van der Waals surface area contributed by atoms with Gasteiger partial charge in [-0.2, -0.15) is 4.39 Å². The van der Waals surface area contributed by atoms with E-state index in [0.29, 0.717) is 38.0 Å². The molecule has 0 atom stereocenters. The normalized spacial score (nSPS) is 18.6. The van der Waals surface area contributed by atoms with Crippen molar-refractivity contribution in [3.63, 3.8) is 0 Å². The zero-order valence-corrected chi connectivity index (χ0v) is 9.89. The SMILES string of the molecule is NC1(Cc2ccc([N+](=O)[O-])c(F)c2)CCOCC1. The lowest BCUT2D eigenvalue weighted by Gasteiger charge is -2.33. The Labute approximate surface area is 104 Å². The summed E-state index contributed by atoms with van der Waals surface area (Å²) in [6.07, 6.45) is 1.93. The van der Waals surface area contributed by atoms with E-state index in [2.05, 4.69) is 0 Å². The van der Waals surface area contributed by atoms with Crippen LogP contribution in [-0.4, -0.2) is 23.7 Å². The summed E-state index contributed by atoms with van der Waals surface area (Å²) < 4.78 is 18.7. The van der Waals surface area contributed by atoms with Crippen LogP contribution in [-0.2, 0) is 11.2 Å². The Morgan fingerprint density at radius 1 is 1.44 bits per heavy atom. The summed E-state index contributed by atoms with van der Waals surface area (Å²) >= 11 is 0. The van der Waals surface area contributed by atoms with Crippen molar-refractivity contribution in [1.29, 1.82) is 0 Å². The first-order valence-corrected chi connectivity index (χ1v) is 5.80. The maximum Gasteiger partial charge on any atom is 0.304 e. The van der Waals surface area contributed by atoms with Crippen LogP contribution in [0, 0.1) is 15.9 Å². The van der Waals surface area contributed by atoms with Gasteiger partial charge < -0.3 is 10.5 Å². The molecule has 1 saturated heterocycles. The highest BCUT2D eigenvalue weighted by Crippen LogP contribution is 2.25. The van der Waals surface area contributed by atoms with Gasteiger partial charge in [0.1, 0.15) is 0 Å². The molecule has 0 aliphatic carbocycles. The summed E-state index contributed by atoms with van der Waals surface area (Å²) in [6, 6.07) is 3.95. The van der Waals surface area contributed by atoms with Crippen LogP contribution in [0.3, 0.4) is 0 Å². The van der Waals surface area contributed by atoms with Gasteiger partial charge in [0.2, 0.25) is 5.82 Å². The lowest BCUT2D eigenvalue weighted by molar-refractivity contribution is -0.387. The van der Waals surface area contributed by atoms with Gasteiger partial charge in [-0.3, -0.25) is 10.1 Å². The van der Waals surface area contributed by atoms with Gasteiger partial charge in [-0.15, -0.1) is 0 Å². The van der Waals surface area contributed by atoms with Crippen molar-refractivity contribution < 1.29 is 14.1 Å². The van der Waals surface area contributed by atoms with E-state index in [1.54, 1.807) is 6.07 Å². The number of nitrogens with zero attached hydrogens (tertiary/aromatic N) is 1. The molecule has 1 aromatic carbocycles. The van der Waals surface area contributed by atoms with E-state index in [4.69, 9.17) is 10.5 Å². The van der Waals surface area contributed by atoms with Gasteiger partial charge >= 0.3 is 5.69 Å². The molecular formula is C12H15FN2O3. The Bertz CT molecular complexity index is 459.